The third-order valence-electron chi connectivity index (χ3n) is 4.59. The number of carbonyl (C=O) groups is 2. The number of nitro benzene ring substituents is 1. The Labute approximate surface area is 176 Å². The van der Waals surface area contributed by atoms with Crippen LogP contribution in [0.3, 0.4) is 0 Å². The Kier molecular flexibility index (Phi) is 7.15. The minimum atomic E-state index is -0.551. The van der Waals surface area contributed by atoms with Crippen molar-refractivity contribution in [3.05, 3.63) is 62.7 Å². The molecule has 30 heavy (non-hydrogen) atoms. The Morgan fingerprint density at radius 2 is 1.70 bits per heavy atom. The lowest BCUT2D eigenvalue weighted by atomic mass is 10.1. The molecule has 0 saturated carbocycles. The third kappa shape index (κ3) is 5.56. The maximum Gasteiger partial charge on any atom is 0.293 e. The highest BCUT2D eigenvalue weighted by molar-refractivity contribution is 5.97. The van der Waals surface area contributed by atoms with Gasteiger partial charge in [0.1, 0.15) is 5.69 Å². The summed E-state index contributed by atoms with van der Waals surface area (Å²) in [6.45, 7) is 9.38. The molecule has 2 N–H and O–H groups in total. The van der Waals surface area contributed by atoms with Gasteiger partial charge in [0.05, 0.1) is 11.5 Å². The topological polar surface area (TPSA) is 105 Å². The molecule has 160 valence electrons. The van der Waals surface area contributed by atoms with E-state index in [1.54, 1.807) is 7.05 Å². The van der Waals surface area contributed by atoms with Gasteiger partial charge in [0.15, 0.2) is 0 Å². The molecule has 2 aromatic rings. The average molecular weight is 412 g/mol. The zero-order valence-electron chi connectivity index (χ0n) is 18.2. The first-order valence-corrected chi connectivity index (χ1v) is 9.67. The number of aryl methyl sites for hydroxylation is 3. The van der Waals surface area contributed by atoms with E-state index in [-0.39, 0.29) is 41.3 Å². The van der Waals surface area contributed by atoms with Crippen molar-refractivity contribution in [1.29, 1.82) is 0 Å². The van der Waals surface area contributed by atoms with Crippen LogP contribution in [0.2, 0.25) is 0 Å². The number of likely N-dealkylation sites (N-methyl/N-ethyl adjacent to an activating group) is 1. The molecular formula is C22H28N4O4. The van der Waals surface area contributed by atoms with E-state index in [1.807, 2.05) is 46.8 Å². The Hall–Kier alpha value is -3.42. The molecule has 8 heteroatoms. The van der Waals surface area contributed by atoms with Crippen LogP contribution in [0.1, 0.15) is 40.9 Å². The van der Waals surface area contributed by atoms with Crippen molar-refractivity contribution >= 4 is 28.9 Å². The number of nitrogens with zero attached hydrogens (tertiary/aromatic N) is 2. The van der Waals surface area contributed by atoms with Crippen LogP contribution >= 0.6 is 0 Å². The van der Waals surface area contributed by atoms with E-state index >= 15 is 0 Å². The number of anilines is 2. The van der Waals surface area contributed by atoms with Crippen LogP contribution in [0.5, 0.6) is 0 Å². The van der Waals surface area contributed by atoms with Gasteiger partial charge in [0.2, 0.25) is 5.91 Å². The van der Waals surface area contributed by atoms with Crippen LogP contribution in [-0.2, 0) is 4.79 Å². The number of hydrogen-bond acceptors (Lipinski definition) is 5. The Bertz CT molecular complexity index is 962. The van der Waals surface area contributed by atoms with Crippen LogP contribution in [-0.4, -0.2) is 36.4 Å². The number of carbonyl (C=O) groups excluding carboxylic acids is 2. The second-order valence-corrected chi connectivity index (χ2v) is 7.77. The zero-order valence-corrected chi connectivity index (χ0v) is 18.2. The second kappa shape index (κ2) is 9.39. The summed E-state index contributed by atoms with van der Waals surface area (Å²) in [4.78, 5) is 37.3. The van der Waals surface area contributed by atoms with E-state index < -0.39 is 4.92 Å². The molecule has 0 fully saturated rings. The van der Waals surface area contributed by atoms with Crippen molar-refractivity contribution in [2.75, 3.05) is 23.8 Å². The molecule has 0 heterocycles. The molecule has 0 aliphatic rings. The van der Waals surface area contributed by atoms with Crippen LogP contribution in [0.25, 0.3) is 0 Å². The van der Waals surface area contributed by atoms with Crippen LogP contribution in [0.4, 0.5) is 17.1 Å². The maximum absolute atomic E-state index is 12.6. The molecule has 0 aliphatic heterocycles. The van der Waals surface area contributed by atoms with E-state index in [4.69, 9.17) is 0 Å². The van der Waals surface area contributed by atoms with E-state index in [9.17, 15) is 19.7 Å². The molecule has 0 radical (unpaired) electrons. The smallest absolute Gasteiger partial charge is 0.293 e. The largest absolute Gasteiger partial charge is 0.360 e. The summed E-state index contributed by atoms with van der Waals surface area (Å²) in [5, 5.41) is 17.2. The summed E-state index contributed by atoms with van der Waals surface area (Å²) in [6, 6.07) is 8.12. The highest BCUT2D eigenvalue weighted by Gasteiger charge is 2.22. The van der Waals surface area contributed by atoms with Gasteiger partial charge in [-0.25, -0.2) is 0 Å². The number of nitrogens with one attached hydrogen (secondary N) is 2. The summed E-state index contributed by atoms with van der Waals surface area (Å²) >= 11 is 0. The molecule has 0 atom stereocenters. The average Bonchev–Trinajstić information content (AvgIpc) is 2.63. The lowest BCUT2D eigenvalue weighted by molar-refractivity contribution is -0.384. The summed E-state index contributed by atoms with van der Waals surface area (Å²) in [5.41, 5.74) is 3.98. The Balaban J connectivity index is 2.21. The van der Waals surface area contributed by atoms with Gasteiger partial charge in [-0.15, -0.1) is 0 Å². The van der Waals surface area contributed by atoms with E-state index in [2.05, 4.69) is 10.6 Å². The molecule has 0 aromatic heterocycles. The number of benzene rings is 2. The SMILES string of the molecule is Cc1cc(C)c(NC(=O)CN(C)c2ccc(C(=O)NC(C)C)cc2[N+](=O)[O-])c(C)c1. The predicted octanol–water partition coefficient (Wildman–Crippen LogP) is 3.73. The molecule has 8 nitrogen and oxygen atoms in total. The minimum absolute atomic E-state index is 0.0782. The summed E-state index contributed by atoms with van der Waals surface area (Å²) in [5.74, 6) is -0.672. The van der Waals surface area contributed by atoms with Crippen molar-refractivity contribution in [1.82, 2.24) is 5.32 Å². The van der Waals surface area contributed by atoms with Crippen molar-refractivity contribution in [2.45, 2.75) is 40.7 Å². The molecule has 0 bridgehead atoms. The first-order chi connectivity index (χ1) is 14.0. The maximum atomic E-state index is 12.6. The fourth-order valence-corrected chi connectivity index (χ4v) is 3.34. The predicted molar refractivity (Wildman–Crippen MR) is 118 cm³/mol. The minimum Gasteiger partial charge on any atom is -0.360 e. The molecule has 2 amide bonds. The van der Waals surface area contributed by atoms with Crippen molar-refractivity contribution in [3.63, 3.8) is 0 Å². The van der Waals surface area contributed by atoms with E-state index in [0.717, 1.165) is 22.4 Å². The van der Waals surface area contributed by atoms with Crippen molar-refractivity contribution in [2.24, 2.45) is 0 Å². The Morgan fingerprint density at radius 3 is 2.23 bits per heavy atom. The van der Waals surface area contributed by atoms with Gasteiger partial charge < -0.3 is 15.5 Å². The third-order valence-corrected chi connectivity index (χ3v) is 4.59. The number of nitro groups is 1. The lowest BCUT2D eigenvalue weighted by Gasteiger charge is -2.20. The first-order valence-electron chi connectivity index (χ1n) is 9.67. The van der Waals surface area contributed by atoms with Crippen molar-refractivity contribution in [3.8, 4) is 0 Å². The van der Waals surface area contributed by atoms with Crippen LogP contribution in [0, 0.1) is 30.9 Å². The number of amides is 2. The first kappa shape index (κ1) is 22.9. The highest BCUT2D eigenvalue weighted by Crippen LogP contribution is 2.29. The number of rotatable bonds is 7. The molecule has 0 unspecified atom stereocenters. The zero-order chi connectivity index (χ0) is 22.6. The number of hydrogen-bond donors (Lipinski definition) is 2. The summed E-state index contributed by atoms with van der Waals surface area (Å²) in [6.07, 6.45) is 0. The molecule has 2 rings (SSSR count). The fourth-order valence-electron chi connectivity index (χ4n) is 3.34. The monoisotopic (exact) mass is 412 g/mol. The van der Waals surface area contributed by atoms with Gasteiger partial charge in [-0.2, -0.15) is 0 Å². The molecule has 2 aromatic carbocycles. The molecule has 0 saturated heterocycles. The second-order valence-electron chi connectivity index (χ2n) is 7.77. The van der Waals surface area contributed by atoms with Gasteiger partial charge in [-0.3, -0.25) is 19.7 Å². The van der Waals surface area contributed by atoms with E-state index in [0.29, 0.717) is 0 Å². The normalized spacial score (nSPS) is 10.6. The van der Waals surface area contributed by atoms with Gasteiger partial charge in [-0.05, 0) is 57.9 Å². The van der Waals surface area contributed by atoms with Crippen molar-refractivity contribution < 1.29 is 14.5 Å². The van der Waals surface area contributed by atoms with Gasteiger partial charge in [0.25, 0.3) is 11.6 Å². The Morgan fingerprint density at radius 1 is 1.10 bits per heavy atom. The fraction of sp³-hybridized carbons (Fsp3) is 0.364. The van der Waals surface area contributed by atoms with Crippen LogP contribution in [0.15, 0.2) is 30.3 Å². The van der Waals surface area contributed by atoms with E-state index in [1.165, 1.54) is 23.1 Å². The lowest BCUT2D eigenvalue weighted by Crippen LogP contribution is -2.32. The summed E-state index contributed by atoms with van der Waals surface area (Å²) < 4.78 is 0. The molecular weight excluding hydrogens is 384 g/mol. The highest BCUT2D eigenvalue weighted by atomic mass is 16.6. The van der Waals surface area contributed by atoms with Gasteiger partial charge in [0, 0.05) is 30.4 Å². The summed E-state index contributed by atoms with van der Waals surface area (Å²) in [7, 11) is 1.60. The van der Waals surface area contributed by atoms with Gasteiger partial charge >= 0.3 is 0 Å². The standard InChI is InChI=1S/C22H28N4O4/c1-13(2)23-22(28)17-7-8-18(19(11-17)26(29)30)25(6)12-20(27)24-21-15(4)9-14(3)10-16(21)5/h7-11,13H,12H2,1-6H3,(H,23,28)(H,24,27). The van der Waals surface area contributed by atoms with Crippen LogP contribution < -0.4 is 15.5 Å². The molecule has 0 spiro atoms. The quantitative estimate of drug-likeness (QED) is 0.533. The van der Waals surface area contributed by atoms with Gasteiger partial charge in [-0.1, -0.05) is 17.7 Å². The molecule has 0 aliphatic carbocycles.